The Labute approximate surface area is 120 Å². The maximum Gasteiger partial charge on any atom is 0.172 e. The molecule has 0 N–H and O–H groups in total. The molecular formula is C15H13FO3S. The summed E-state index contributed by atoms with van der Waals surface area (Å²) in [4.78, 5) is 23.1. The lowest BCUT2D eigenvalue weighted by Crippen LogP contribution is -2.03. The van der Waals surface area contributed by atoms with Crippen LogP contribution >= 0.6 is 11.3 Å². The number of aldehydes is 1. The van der Waals surface area contributed by atoms with Gasteiger partial charge in [-0.2, -0.15) is 0 Å². The van der Waals surface area contributed by atoms with Crippen LogP contribution < -0.4 is 4.74 Å². The summed E-state index contributed by atoms with van der Waals surface area (Å²) in [5.74, 6) is -0.133. The Bertz CT molecular complexity index is 593. The van der Waals surface area contributed by atoms with E-state index in [1.165, 1.54) is 23.5 Å². The van der Waals surface area contributed by atoms with Gasteiger partial charge >= 0.3 is 0 Å². The van der Waals surface area contributed by atoms with E-state index in [0.717, 1.165) is 10.9 Å². The van der Waals surface area contributed by atoms with Crippen molar-refractivity contribution < 1.29 is 18.7 Å². The highest BCUT2D eigenvalue weighted by molar-refractivity contribution is 7.12. The number of carbonyl (C=O) groups is 2. The number of hydrogen-bond acceptors (Lipinski definition) is 4. The van der Waals surface area contributed by atoms with Gasteiger partial charge in [0.05, 0.1) is 11.5 Å². The van der Waals surface area contributed by atoms with E-state index < -0.39 is 5.82 Å². The first kappa shape index (κ1) is 14.4. The highest BCUT2D eigenvalue weighted by Gasteiger charge is 2.07. The number of ether oxygens (including phenoxy) is 1. The standard InChI is InChI=1S/C15H13FO3S/c16-12-7-11(10-17)8-13(9-12)19-5-1-3-14(18)15-4-2-6-20-15/h2,4,6-10H,1,3,5H2. The average molecular weight is 292 g/mol. The Kier molecular flexibility index (Phi) is 5.01. The molecule has 0 saturated heterocycles. The second-order valence-electron chi connectivity index (χ2n) is 4.19. The van der Waals surface area contributed by atoms with Gasteiger partial charge in [0.1, 0.15) is 17.9 Å². The third-order valence-electron chi connectivity index (χ3n) is 2.64. The summed E-state index contributed by atoms with van der Waals surface area (Å²) in [5.41, 5.74) is 0.231. The van der Waals surface area contributed by atoms with Gasteiger partial charge in [-0.3, -0.25) is 9.59 Å². The maximum atomic E-state index is 13.1. The molecule has 104 valence electrons. The highest BCUT2D eigenvalue weighted by atomic mass is 32.1. The van der Waals surface area contributed by atoms with Crippen LogP contribution in [0.1, 0.15) is 32.9 Å². The lowest BCUT2D eigenvalue weighted by molar-refractivity contribution is 0.0977. The summed E-state index contributed by atoms with van der Waals surface area (Å²) in [6.07, 6.45) is 1.50. The van der Waals surface area contributed by atoms with Crippen molar-refractivity contribution in [3.63, 3.8) is 0 Å². The van der Waals surface area contributed by atoms with Crippen LogP contribution in [0.4, 0.5) is 4.39 Å². The second kappa shape index (κ2) is 6.96. The quantitative estimate of drug-likeness (QED) is 0.443. The van der Waals surface area contributed by atoms with Gasteiger partial charge in [0, 0.05) is 18.1 Å². The van der Waals surface area contributed by atoms with Gasteiger partial charge in [-0.25, -0.2) is 4.39 Å². The minimum Gasteiger partial charge on any atom is -0.493 e. The Morgan fingerprint density at radius 1 is 1.35 bits per heavy atom. The number of Topliss-reactive ketones (excluding diaryl/α,β-unsaturated/α-hetero) is 1. The summed E-state index contributed by atoms with van der Waals surface area (Å²) in [6, 6.07) is 7.45. The van der Waals surface area contributed by atoms with Gasteiger partial charge in [-0.05, 0) is 30.0 Å². The molecule has 0 radical (unpaired) electrons. The molecule has 2 aromatic rings. The second-order valence-corrected chi connectivity index (χ2v) is 5.14. The SMILES string of the molecule is O=Cc1cc(F)cc(OCCCC(=O)c2cccs2)c1. The van der Waals surface area contributed by atoms with Crippen LogP contribution in [-0.4, -0.2) is 18.7 Å². The number of rotatable bonds is 7. The monoisotopic (exact) mass is 292 g/mol. The first-order chi connectivity index (χ1) is 9.69. The zero-order chi connectivity index (χ0) is 14.4. The number of benzene rings is 1. The molecule has 1 aromatic carbocycles. The van der Waals surface area contributed by atoms with Crippen molar-refractivity contribution in [2.24, 2.45) is 0 Å². The molecule has 0 fully saturated rings. The van der Waals surface area contributed by atoms with E-state index in [4.69, 9.17) is 4.74 Å². The van der Waals surface area contributed by atoms with Gasteiger partial charge in [-0.15, -0.1) is 11.3 Å². The third-order valence-corrected chi connectivity index (χ3v) is 3.55. The molecule has 0 amide bonds. The molecule has 5 heteroatoms. The van der Waals surface area contributed by atoms with E-state index in [0.29, 0.717) is 31.5 Å². The molecule has 3 nitrogen and oxygen atoms in total. The predicted molar refractivity (Wildman–Crippen MR) is 75.2 cm³/mol. The van der Waals surface area contributed by atoms with Crippen molar-refractivity contribution in [2.75, 3.05) is 6.61 Å². The largest absolute Gasteiger partial charge is 0.493 e. The number of ketones is 1. The zero-order valence-electron chi connectivity index (χ0n) is 10.7. The van der Waals surface area contributed by atoms with Gasteiger partial charge in [0.15, 0.2) is 5.78 Å². The Morgan fingerprint density at radius 3 is 2.90 bits per heavy atom. The van der Waals surface area contributed by atoms with Crippen LogP contribution in [0.3, 0.4) is 0 Å². The van der Waals surface area contributed by atoms with Crippen LogP contribution in [0.2, 0.25) is 0 Å². The minimum absolute atomic E-state index is 0.0800. The van der Waals surface area contributed by atoms with E-state index in [9.17, 15) is 14.0 Å². The van der Waals surface area contributed by atoms with Crippen molar-refractivity contribution in [3.05, 3.63) is 52.0 Å². The van der Waals surface area contributed by atoms with Gasteiger partial charge in [-0.1, -0.05) is 6.07 Å². The molecule has 0 saturated carbocycles. The summed E-state index contributed by atoms with van der Waals surface area (Å²) >= 11 is 1.41. The van der Waals surface area contributed by atoms with Crippen LogP contribution in [-0.2, 0) is 0 Å². The molecule has 0 aliphatic rings. The Balaban J connectivity index is 1.80. The average Bonchev–Trinajstić information content (AvgIpc) is 2.97. The van der Waals surface area contributed by atoms with Gasteiger partial charge in [0.2, 0.25) is 0 Å². The molecule has 0 atom stereocenters. The molecule has 1 heterocycles. The van der Waals surface area contributed by atoms with Gasteiger partial charge in [0.25, 0.3) is 0 Å². The van der Waals surface area contributed by atoms with Crippen LogP contribution in [0, 0.1) is 5.82 Å². The Hall–Kier alpha value is -2.01. The summed E-state index contributed by atoms with van der Waals surface area (Å²) in [7, 11) is 0. The molecule has 0 spiro atoms. The first-order valence-corrected chi connectivity index (χ1v) is 7.02. The highest BCUT2D eigenvalue weighted by Crippen LogP contribution is 2.16. The van der Waals surface area contributed by atoms with E-state index in [1.807, 2.05) is 11.4 Å². The minimum atomic E-state index is -0.515. The van der Waals surface area contributed by atoms with Crippen molar-refractivity contribution in [1.29, 1.82) is 0 Å². The molecule has 0 aliphatic heterocycles. The normalized spacial score (nSPS) is 10.2. The molecule has 0 bridgehead atoms. The number of thiophene rings is 1. The molecule has 1 aromatic heterocycles. The molecule has 0 aliphatic carbocycles. The van der Waals surface area contributed by atoms with E-state index in [-0.39, 0.29) is 11.3 Å². The number of carbonyl (C=O) groups excluding carboxylic acids is 2. The van der Waals surface area contributed by atoms with Gasteiger partial charge < -0.3 is 4.74 Å². The van der Waals surface area contributed by atoms with Crippen molar-refractivity contribution in [2.45, 2.75) is 12.8 Å². The van der Waals surface area contributed by atoms with E-state index >= 15 is 0 Å². The number of hydrogen-bond donors (Lipinski definition) is 0. The molecular weight excluding hydrogens is 279 g/mol. The fraction of sp³-hybridized carbons (Fsp3) is 0.200. The smallest absolute Gasteiger partial charge is 0.172 e. The predicted octanol–water partition coefficient (Wildman–Crippen LogP) is 3.74. The zero-order valence-corrected chi connectivity index (χ0v) is 11.5. The topological polar surface area (TPSA) is 43.4 Å². The molecule has 0 unspecified atom stereocenters. The van der Waals surface area contributed by atoms with Crippen LogP contribution in [0.15, 0.2) is 35.7 Å². The van der Waals surface area contributed by atoms with E-state index in [2.05, 4.69) is 0 Å². The Morgan fingerprint density at radius 2 is 2.20 bits per heavy atom. The molecule has 2 rings (SSSR count). The van der Waals surface area contributed by atoms with Crippen LogP contribution in [0.25, 0.3) is 0 Å². The summed E-state index contributed by atoms with van der Waals surface area (Å²) < 4.78 is 18.5. The van der Waals surface area contributed by atoms with Crippen LogP contribution in [0.5, 0.6) is 5.75 Å². The van der Waals surface area contributed by atoms with Crippen molar-refractivity contribution in [1.82, 2.24) is 0 Å². The maximum absolute atomic E-state index is 13.1. The first-order valence-electron chi connectivity index (χ1n) is 6.14. The van der Waals surface area contributed by atoms with Crippen molar-refractivity contribution >= 4 is 23.4 Å². The fourth-order valence-corrected chi connectivity index (χ4v) is 2.41. The number of halogens is 1. The lowest BCUT2D eigenvalue weighted by Gasteiger charge is -2.06. The third kappa shape index (κ3) is 3.99. The fourth-order valence-electron chi connectivity index (χ4n) is 1.72. The molecule has 20 heavy (non-hydrogen) atoms. The van der Waals surface area contributed by atoms with E-state index in [1.54, 1.807) is 6.07 Å². The lowest BCUT2D eigenvalue weighted by atomic mass is 10.2. The van der Waals surface area contributed by atoms with Crippen molar-refractivity contribution in [3.8, 4) is 5.75 Å². The summed E-state index contributed by atoms with van der Waals surface area (Å²) in [6.45, 7) is 0.304. The summed E-state index contributed by atoms with van der Waals surface area (Å²) in [5, 5.41) is 1.86.